The van der Waals surface area contributed by atoms with Crippen LogP contribution < -0.4 is 10.1 Å². The Kier molecular flexibility index (Phi) is 4.36. The number of aryl methyl sites for hydroxylation is 2. The third-order valence-corrected chi connectivity index (χ3v) is 5.84. The van der Waals surface area contributed by atoms with Gasteiger partial charge in [-0.2, -0.15) is 4.31 Å². The molecule has 0 spiro atoms. The van der Waals surface area contributed by atoms with E-state index in [1.807, 2.05) is 20.8 Å². The van der Waals surface area contributed by atoms with Gasteiger partial charge < -0.3 is 10.1 Å². The van der Waals surface area contributed by atoms with Gasteiger partial charge in [-0.05, 0) is 44.0 Å². The highest BCUT2D eigenvalue weighted by molar-refractivity contribution is 7.89. The smallest absolute Gasteiger partial charge is 0.247 e. The van der Waals surface area contributed by atoms with Gasteiger partial charge in [0, 0.05) is 25.7 Å². The summed E-state index contributed by atoms with van der Waals surface area (Å²) in [6, 6.07) is 3.44. The standard InChI is InChI=1S/C14H22N2O3S/c1-10-7-13(19-4)14(8-11(10)2)20(17,18)16-6-5-15-9-12(16)3/h7-8,12,15H,5-6,9H2,1-4H3. The van der Waals surface area contributed by atoms with E-state index in [0.29, 0.717) is 25.4 Å². The van der Waals surface area contributed by atoms with Gasteiger partial charge in [-0.25, -0.2) is 8.42 Å². The van der Waals surface area contributed by atoms with E-state index in [1.54, 1.807) is 16.4 Å². The molecular weight excluding hydrogens is 276 g/mol. The first-order valence-electron chi connectivity index (χ1n) is 6.75. The lowest BCUT2D eigenvalue weighted by Crippen LogP contribution is -2.52. The second-order valence-corrected chi connectivity index (χ2v) is 7.12. The molecule has 0 bridgehead atoms. The van der Waals surface area contributed by atoms with E-state index in [4.69, 9.17) is 4.74 Å². The molecule has 0 radical (unpaired) electrons. The average Bonchev–Trinajstić information content (AvgIpc) is 2.41. The third-order valence-electron chi connectivity index (χ3n) is 3.81. The fourth-order valence-corrected chi connectivity index (χ4v) is 4.28. The van der Waals surface area contributed by atoms with Crippen LogP contribution >= 0.6 is 0 Å². The van der Waals surface area contributed by atoms with Crippen molar-refractivity contribution in [1.29, 1.82) is 0 Å². The second-order valence-electron chi connectivity index (χ2n) is 5.26. The molecule has 1 N–H and O–H groups in total. The van der Waals surface area contributed by atoms with Crippen LogP contribution in [0.1, 0.15) is 18.1 Å². The number of nitrogens with zero attached hydrogens (tertiary/aromatic N) is 1. The lowest BCUT2D eigenvalue weighted by atomic mass is 10.1. The van der Waals surface area contributed by atoms with Crippen LogP contribution in [0, 0.1) is 13.8 Å². The molecule has 0 amide bonds. The molecule has 1 unspecified atom stereocenters. The van der Waals surface area contributed by atoms with Gasteiger partial charge in [0.1, 0.15) is 10.6 Å². The van der Waals surface area contributed by atoms with Crippen molar-refractivity contribution in [2.24, 2.45) is 0 Å². The van der Waals surface area contributed by atoms with Crippen LogP contribution in [0.4, 0.5) is 0 Å². The molecule has 1 aliphatic heterocycles. The van der Waals surface area contributed by atoms with Gasteiger partial charge in [-0.15, -0.1) is 0 Å². The molecule has 1 aromatic carbocycles. The van der Waals surface area contributed by atoms with Crippen molar-refractivity contribution in [3.8, 4) is 5.75 Å². The minimum absolute atomic E-state index is 0.0555. The zero-order valence-electron chi connectivity index (χ0n) is 12.4. The molecule has 1 aromatic rings. The monoisotopic (exact) mass is 298 g/mol. The van der Waals surface area contributed by atoms with Crippen LogP contribution in [0.3, 0.4) is 0 Å². The lowest BCUT2D eigenvalue weighted by molar-refractivity contribution is 0.282. The number of ether oxygens (including phenoxy) is 1. The highest BCUT2D eigenvalue weighted by Gasteiger charge is 2.33. The summed E-state index contributed by atoms with van der Waals surface area (Å²) in [5, 5.41) is 3.20. The molecule has 1 heterocycles. The SMILES string of the molecule is COc1cc(C)c(C)cc1S(=O)(=O)N1CCNCC1C. The van der Waals surface area contributed by atoms with Gasteiger partial charge in [-0.3, -0.25) is 0 Å². The van der Waals surface area contributed by atoms with E-state index in [9.17, 15) is 8.42 Å². The number of nitrogens with one attached hydrogen (secondary N) is 1. The maximum atomic E-state index is 12.9. The molecule has 1 fully saturated rings. The van der Waals surface area contributed by atoms with Crippen molar-refractivity contribution >= 4 is 10.0 Å². The van der Waals surface area contributed by atoms with Crippen LogP contribution in [0.5, 0.6) is 5.75 Å². The lowest BCUT2D eigenvalue weighted by Gasteiger charge is -2.33. The van der Waals surface area contributed by atoms with E-state index in [-0.39, 0.29) is 10.9 Å². The van der Waals surface area contributed by atoms with Gasteiger partial charge in [0.2, 0.25) is 10.0 Å². The highest BCUT2D eigenvalue weighted by atomic mass is 32.2. The molecule has 2 rings (SSSR count). The molecule has 20 heavy (non-hydrogen) atoms. The zero-order valence-corrected chi connectivity index (χ0v) is 13.3. The Morgan fingerprint density at radius 2 is 1.95 bits per heavy atom. The fourth-order valence-electron chi connectivity index (χ4n) is 2.43. The minimum atomic E-state index is -3.52. The quantitative estimate of drug-likeness (QED) is 0.913. The number of sulfonamides is 1. The summed E-state index contributed by atoms with van der Waals surface area (Å²) in [6.45, 7) is 7.61. The first-order valence-corrected chi connectivity index (χ1v) is 8.19. The normalized spacial score (nSPS) is 20.9. The molecular formula is C14H22N2O3S. The number of piperazine rings is 1. The second kappa shape index (κ2) is 5.71. The van der Waals surface area contributed by atoms with Gasteiger partial charge >= 0.3 is 0 Å². The van der Waals surface area contributed by atoms with Crippen molar-refractivity contribution in [3.05, 3.63) is 23.3 Å². The molecule has 6 heteroatoms. The molecule has 0 saturated carbocycles. The van der Waals surface area contributed by atoms with Crippen LogP contribution in [-0.2, 0) is 10.0 Å². The molecule has 1 saturated heterocycles. The van der Waals surface area contributed by atoms with Gasteiger partial charge in [0.15, 0.2) is 0 Å². The summed E-state index contributed by atoms with van der Waals surface area (Å²) in [6.07, 6.45) is 0. The maximum absolute atomic E-state index is 12.9. The summed E-state index contributed by atoms with van der Waals surface area (Å²) >= 11 is 0. The van der Waals surface area contributed by atoms with Crippen molar-refractivity contribution in [1.82, 2.24) is 9.62 Å². The first kappa shape index (κ1) is 15.3. The Bertz CT molecular complexity index is 599. The summed E-state index contributed by atoms with van der Waals surface area (Å²) in [5.74, 6) is 0.416. The van der Waals surface area contributed by atoms with Crippen molar-refractivity contribution in [3.63, 3.8) is 0 Å². The molecule has 0 aromatic heterocycles. The summed E-state index contributed by atoms with van der Waals surface area (Å²) in [4.78, 5) is 0.261. The van der Waals surface area contributed by atoms with Crippen molar-refractivity contribution < 1.29 is 13.2 Å². The first-order chi connectivity index (χ1) is 9.37. The van der Waals surface area contributed by atoms with E-state index < -0.39 is 10.0 Å². The molecule has 112 valence electrons. The van der Waals surface area contributed by atoms with Crippen LogP contribution in [-0.4, -0.2) is 45.5 Å². The predicted octanol–water partition coefficient (Wildman–Crippen LogP) is 1.29. The van der Waals surface area contributed by atoms with E-state index in [2.05, 4.69) is 5.32 Å². The number of hydrogen-bond donors (Lipinski definition) is 1. The number of methoxy groups -OCH3 is 1. The predicted molar refractivity (Wildman–Crippen MR) is 78.7 cm³/mol. The molecule has 1 aliphatic rings. The van der Waals surface area contributed by atoms with Crippen molar-refractivity contribution in [2.75, 3.05) is 26.7 Å². The average molecular weight is 298 g/mol. The minimum Gasteiger partial charge on any atom is -0.495 e. The largest absolute Gasteiger partial charge is 0.495 e. The Labute approximate surface area is 121 Å². The number of benzene rings is 1. The third kappa shape index (κ3) is 2.68. The number of hydrogen-bond acceptors (Lipinski definition) is 4. The van der Waals surface area contributed by atoms with E-state index >= 15 is 0 Å². The van der Waals surface area contributed by atoms with E-state index in [0.717, 1.165) is 11.1 Å². The van der Waals surface area contributed by atoms with Crippen LogP contribution in [0.2, 0.25) is 0 Å². The Morgan fingerprint density at radius 3 is 2.55 bits per heavy atom. The molecule has 1 atom stereocenters. The maximum Gasteiger partial charge on any atom is 0.247 e. The van der Waals surface area contributed by atoms with Crippen molar-refractivity contribution in [2.45, 2.75) is 31.7 Å². The fraction of sp³-hybridized carbons (Fsp3) is 0.571. The molecule has 0 aliphatic carbocycles. The Hall–Kier alpha value is -1.11. The number of rotatable bonds is 3. The van der Waals surface area contributed by atoms with Gasteiger partial charge in [-0.1, -0.05) is 0 Å². The van der Waals surface area contributed by atoms with Crippen LogP contribution in [0.15, 0.2) is 17.0 Å². The van der Waals surface area contributed by atoms with Crippen LogP contribution in [0.25, 0.3) is 0 Å². The Balaban J connectivity index is 2.51. The summed E-state index contributed by atoms with van der Waals surface area (Å²) in [7, 11) is -2.02. The molecule has 5 nitrogen and oxygen atoms in total. The van der Waals surface area contributed by atoms with E-state index in [1.165, 1.54) is 7.11 Å². The van der Waals surface area contributed by atoms with Gasteiger partial charge in [0.05, 0.1) is 7.11 Å². The Morgan fingerprint density at radius 1 is 1.30 bits per heavy atom. The summed E-state index contributed by atoms with van der Waals surface area (Å²) in [5.41, 5.74) is 1.97. The summed E-state index contributed by atoms with van der Waals surface area (Å²) < 4.78 is 32.5. The highest BCUT2D eigenvalue weighted by Crippen LogP contribution is 2.30. The van der Waals surface area contributed by atoms with Gasteiger partial charge in [0.25, 0.3) is 0 Å². The topological polar surface area (TPSA) is 58.6 Å². The zero-order chi connectivity index (χ0) is 14.9.